The molecule has 1 amide bonds. The molecule has 0 radical (unpaired) electrons. The zero-order valence-corrected chi connectivity index (χ0v) is 11.4. The number of amides is 1. The molecule has 0 aliphatic carbocycles. The molecule has 6 nitrogen and oxygen atoms in total. The standard InChI is InChI=1S/C11H13BrN2O4/c1-7-4-5-13(6-8(7)12)11(15)9-2-3-10(18-9)14(16)17/h2-3,7-8H,4-6H2,1H3. The molecule has 2 heterocycles. The van der Waals surface area contributed by atoms with Crippen LogP contribution in [0.1, 0.15) is 23.9 Å². The Bertz CT molecular complexity index is 473. The highest BCUT2D eigenvalue weighted by Crippen LogP contribution is 2.25. The van der Waals surface area contributed by atoms with E-state index in [4.69, 9.17) is 4.42 Å². The fourth-order valence-electron chi connectivity index (χ4n) is 1.90. The first kappa shape index (κ1) is 13.1. The molecule has 0 spiro atoms. The Morgan fingerprint density at radius 1 is 1.61 bits per heavy atom. The normalized spacial score (nSPS) is 24.0. The zero-order chi connectivity index (χ0) is 13.3. The number of nitro groups is 1. The van der Waals surface area contributed by atoms with Crippen molar-refractivity contribution < 1.29 is 14.1 Å². The second-order valence-electron chi connectivity index (χ2n) is 4.43. The van der Waals surface area contributed by atoms with E-state index in [2.05, 4.69) is 22.9 Å². The molecule has 0 aromatic carbocycles. The Balaban J connectivity index is 2.09. The lowest BCUT2D eigenvalue weighted by atomic mass is 9.99. The number of nitrogens with zero attached hydrogens (tertiary/aromatic N) is 2. The highest BCUT2D eigenvalue weighted by molar-refractivity contribution is 9.09. The molecule has 18 heavy (non-hydrogen) atoms. The summed E-state index contributed by atoms with van der Waals surface area (Å²) in [5.74, 6) is -0.158. The van der Waals surface area contributed by atoms with Gasteiger partial charge in [-0.3, -0.25) is 14.9 Å². The van der Waals surface area contributed by atoms with Crippen LogP contribution in [0.25, 0.3) is 0 Å². The van der Waals surface area contributed by atoms with Crippen molar-refractivity contribution in [3.8, 4) is 0 Å². The fourth-order valence-corrected chi connectivity index (χ4v) is 2.52. The molecule has 0 N–H and O–H groups in total. The van der Waals surface area contributed by atoms with Crippen LogP contribution in [-0.2, 0) is 0 Å². The monoisotopic (exact) mass is 316 g/mol. The largest absolute Gasteiger partial charge is 0.433 e. The van der Waals surface area contributed by atoms with Crippen molar-refractivity contribution in [3.63, 3.8) is 0 Å². The maximum atomic E-state index is 12.1. The second kappa shape index (κ2) is 5.09. The Hall–Kier alpha value is -1.37. The van der Waals surface area contributed by atoms with E-state index in [0.29, 0.717) is 19.0 Å². The minimum Gasteiger partial charge on any atom is -0.395 e. The highest BCUT2D eigenvalue weighted by atomic mass is 79.9. The molecule has 2 unspecified atom stereocenters. The van der Waals surface area contributed by atoms with E-state index in [-0.39, 0.29) is 16.5 Å². The summed E-state index contributed by atoms with van der Waals surface area (Å²) in [6, 6.07) is 2.55. The molecule has 1 aliphatic heterocycles. The second-order valence-corrected chi connectivity index (χ2v) is 5.60. The van der Waals surface area contributed by atoms with Gasteiger partial charge in [0.2, 0.25) is 0 Å². The van der Waals surface area contributed by atoms with Gasteiger partial charge in [0.15, 0.2) is 5.76 Å². The summed E-state index contributed by atoms with van der Waals surface area (Å²) in [6.07, 6.45) is 0.907. The number of piperidine rings is 1. The van der Waals surface area contributed by atoms with Crippen LogP contribution < -0.4 is 0 Å². The Kier molecular flexibility index (Phi) is 3.70. The van der Waals surface area contributed by atoms with E-state index < -0.39 is 10.8 Å². The van der Waals surface area contributed by atoms with Gasteiger partial charge in [-0.15, -0.1) is 0 Å². The van der Waals surface area contributed by atoms with Gasteiger partial charge >= 0.3 is 5.88 Å². The molecular weight excluding hydrogens is 304 g/mol. The summed E-state index contributed by atoms with van der Waals surface area (Å²) in [7, 11) is 0. The van der Waals surface area contributed by atoms with E-state index in [1.54, 1.807) is 4.90 Å². The molecule has 1 aromatic heterocycles. The number of carbonyl (C=O) groups excluding carboxylic acids is 1. The van der Waals surface area contributed by atoms with Crippen molar-refractivity contribution in [3.05, 3.63) is 28.0 Å². The zero-order valence-electron chi connectivity index (χ0n) is 9.84. The average Bonchev–Trinajstić information content (AvgIpc) is 2.81. The summed E-state index contributed by atoms with van der Waals surface area (Å²) in [5, 5.41) is 10.5. The van der Waals surface area contributed by atoms with E-state index in [0.717, 1.165) is 6.42 Å². The van der Waals surface area contributed by atoms with Crippen LogP contribution in [0.15, 0.2) is 16.5 Å². The van der Waals surface area contributed by atoms with Gasteiger partial charge in [0.25, 0.3) is 5.91 Å². The lowest BCUT2D eigenvalue weighted by Crippen LogP contribution is -2.43. The number of likely N-dealkylation sites (tertiary alicyclic amines) is 1. The third-order valence-electron chi connectivity index (χ3n) is 3.14. The summed E-state index contributed by atoms with van der Waals surface area (Å²) < 4.78 is 4.92. The van der Waals surface area contributed by atoms with Gasteiger partial charge in [0.1, 0.15) is 4.92 Å². The topological polar surface area (TPSA) is 76.6 Å². The minimum absolute atomic E-state index is 0.0240. The molecule has 2 atom stereocenters. The van der Waals surface area contributed by atoms with Crippen molar-refractivity contribution in [1.29, 1.82) is 0 Å². The van der Waals surface area contributed by atoms with Crippen molar-refractivity contribution in [1.82, 2.24) is 4.90 Å². The lowest BCUT2D eigenvalue weighted by molar-refractivity contribution is -0.402. The number of alkyl halides is 1. The number of hydrogen-bond acceptors (Lipinski definition) is 4. The Morgan fingerprint density at radius 2 is 2.33 bits per heavy atom. The van der Waals surface area contributed by atoms with E-state index in [1.807, 2.05) is 0 Å². The minimum atomic E-state index is -0.650. The number of furan rings is 1. The summed E-state index contributed by atoms with van der Waals surface area (Å²) in [4.78, 5) is 23.8. The molecule has 2 rings (SSSR count). The van der Waals surface area contributed by atoms with E-state index in [9.17, 15) is 14.9 Å². The molecule has 1 aliphatic rings. The van der Waals surface area contributed by atoms with Crippen LogP contribution in [0.4, 0.5) is 5.88 Å². The van der Waals surface area contributed by atoms with Gasteiger partial charge in [-0.2, -0.15) is 0 Å². The van der Waals surface area contributed by atoms with E-state index >= 15 is 0 Å². The van der Waals surface area contributed by atoms with Crippen LogP contribution >= 0.6 is 15.9 Å². The molecule has 0 bridgehead atoms. The number of hydrogen-bond donors (Lipinski definition) is 0. The van der Waals surface area contributed by atoms with Crippen molar-refractivity contribution in [2.45, 2.75) is 18.2 Å². The number of carbonyl (C=O) groups is 1. The SMILES string of the molecule is CC1CCN(C(=O)c2ccc([N+](=O)[O-])o2)CC1Br. The van der Waals surface area contributed by atoms with Crippen LogP contribution in [-0.4, -0.2) is 33.6 Å². The summed E-state index contributed by atoms with van der Waals surface area (Å²) >= 11 is 3.53. The van der Waals surface area contributed by atoms with Gasteiger partial charge < -0.3 is 9.32 Å². The van der Waals surface area contributed by atoms with Crippen LogP contribution in [0.2, 0.25) is 0 Å². The predicted molar refractivity (Wildman–Crippen MR) is 67.8 cm³/mol. The quantitative estimate of drug-likeness (QED) is 0.477. The Morgan fingerprint density at radius 3 is 2.89 bits per heavy atom. The first-order chi connectivity index (χ1) is 8.49. The Labute approximate surface area is 112 Å². The predicted octanol–water partition coefficient (Wildman–Crippen LogP) is 2.43. The van der Waals surface area contributed by atoms with Crippen LogP contribution in [0.3, 0.4) is 0 Å². The molecular formula is C11H13BrN2O4. The van der Waals surface area contributed by atoms with Gasteiger partial charge in [0, 0.05) is 17.9 Å². The summed E-state index contributed by atoms with van der Waals surface area (Å²) in [6.45, 7) is 3.37. The lowest BCUT2D eigenvalue weighted by Gasteiger charge is -2.33. The molecule has 98 valence electrons. The number of rotatable bonds is 2. The number of halogens is 1. The molecule has 0 saturated carbocycles. The highest BCUT2D eigenvalue weighted by Gasteiger charge is 2.29. The van der Waals surface area contributed by atoms with Crippen molar-refractivity contribution >= 4 is 27.7 Å². The molecule has 1 aromatic rings. The first-order valence-corrected chi connectivity index (χ1v) is 6.58. The average molecular weight is 317 g/mol. The van der Waals surface area contributed by atoms with Gasteiger partial charge in [-0.05, 0) is 18.4 Å². The third-order valence-corrected chi connectivity index (χ3v) is 4.33. The maximum absolute atomic E-state index is 12.1. The molecule has 1 saturated heterocycles. The van der Waals surface area contributed by atoms with Crippen LogP contribution in [0, 0.1) is 16.0 Å². The smallest absolute Gasteiger partial charge is 0.395 e. The third kappa shape index (κ3) is 2.55. The van der Waals surface area contributed by atoms with Crippen LogP contribution in [0.5, 0.6) is 0 Å². The van der Waals surface area contributed by atoms with Crippen molar-refractivity contribution in [2.24, 2.45) is 5.92 Å². The molecule has 1 fully saturated rings. The fraction of sp³-hybridized carbons (Fsp3) is 0.545. The molecule has 7 heteroatoms. The van der Waals surface area contributed by atoms with Gasteiger partial charge in [-0.1, -0.05) is 22.9 Å². The maximum Gasteiger partial charge on any atom is 0.433 e. The van der Waals surface area contributed by atoms with Crippen molar-refractivity contribution in [2.75, 3.05) is 13.1 Å². The summed E-state index contributed by atoms with van der Waals surface area (Å²) in [5.41, 5.74) is 0. The first-order valence-electron chi connectivity index (χ1n) is 5.66. The van der Waals surface area contributed by atoms with E-state index in [1.165, 1.54) is 12.1 Å². The van der Waals surface area contributed by atoms with Gasteiger partial charge in [0.05, 0.1) is 6.07 Å². The van der Waals surface area contributed by atoms with Gasteiger partial charge in [-0.25, -0.2) is 0 Å².